The highest BCUT2D eigenvalue weighted by Crippen LogP contribution is 2.36. The number of hydrogen-bond donors (Lipinski definition) is 2. The smallest absolute Gasteiger partial charge is 0.462 e. The Hall–Kier alpha value is -2.25. The van der Waals surface area contributed by atoms with Gasteiger partial charge in [-0.05, 0) is 77.0 Å². The number of phosphoric acid groups is 1. The summed E-state index contributed by atoms with van der Waals surface area (Å²) in [6.07, 6.45) is 45.1. The molecule has 0 rings (SSSR count). The Morgan fingerprint density at radius 2 is 0.940 bits per heavy atom. The Labute approximate surface area is 305 Å². The van der Waals surface area contributed by atoms with Crippen molar-refractivity contribution in [3.05, 3.63) is 60.8 Å². The summed E-state index contributed by atoms with van der Waals surface area (Å²) in [5.74, 6) is -0.921. The summed E-state index contributed by atoms with van der Waals surface area (Å²) < 4.78 is 26.3. The van der Waals surface area contributed by atoms with Gasteiger partial charge in [-0.25, -0.2) is 4.57 Å². The average molecular weight is 723 g/mol. The zero-order valence-corrected chi connectivity index (χ0v) is 32.4. The lowest BCUT2D eigenvalue weighted by Crippen LogP contribution is -2.29. The fourth-order valence-electron chi connectivity index (χ4n) is 5.06. The van der Waals surface area contributed by atoms with Crippen LogP contribution in [0.1, 0.15) is 168 Å². The Bertz CT molecular complexity index is 995. The molecule has 0 saturated heterocycles. The van der Waals surface area contributed by atoms with Crippen LogP contribution in [0.25, 0.3) is 0 Å². The van der Waals surface area contributed by atoms with E-state index in [1.54, 1.807) is 0 Å². The molecule has 0 aliphatic rings. The van der Waals surface area contributed by atoms with Crippen molar-refractivity contribution in [2.75, 3.05) is 13.2 Å². The van der Waals surface area contributed by atoms with E-state index in [1.165, 1.54) is 32.1 Å². The Kier molecular flexibility index (Phi) is 34.9. The average Bonchev–Trinajstić information content (AvgIpc) is 3.08. The van der Waals surface area contributed by atoms with Gasteiger partial charge in [-0.1, -0.05) is 139 Å². The SMILES string of the molecule is CCC/C=C\C/C=C\CCCCCCCC(=O)OCC(COP(=O)(O)O)OC(=O)CCCCCCCC/C=C\C/C=C\C/C=C\CCCCC. The van der Waals surface area contributed by atoms with Crippen LogP contribution in [-0.2, 0) is 28.2 Å². The molecular formula is C41H71O8P. The molecule has 9 heteroatoms. The van der Waals surface area contributed by atoms with Gasteiger partial charge >= 0.3 is 19.8 Å². The van der Waals surface area contributed by atoms with Gasteiger partial charge in [0.05, 0.1) is 6.61 Å². The normalized spacial score (nSPS) is 13.1. The maximum atomic E-state index is 12.4. The van der Waals surface area contributed by atoms with Gasteiger partial charge in [-0.15, -0.1) is 0 Å². The molecule has 0 aromatic heterocycles. The second-order valence-electron chi connectivity index (χ2n) is 12.9. The van der Waals surface area contributed by atoms with Crippen molar-refractivity contribution >= 4 is 19.8 Å². The van der Waals surface area contributed by atoms with Crippen LogP contribution in [0.3, 0.4) is 0 Å². The van der Waals surface area contributed by atoms with Crippen LogP contribution in [0.15, 0.2) is 60.8 Å². The topological polar surface area (TPSA) is 119 Å². The van der Waals surface area contributed by atoms with Crippen molar-refractivity contribution in [1.29, 1.82) is 0 Å². The highest BCUT2D eigenvalue weighted by atomic mass is 31.2. The summed E-state index contributed by atoms with van der Waals surface area (Å²) in [5.41, 5.74) is 0. The van der Waals surface area contributed by atoms with E-state index in [2.05, 4.69) is 79.1 Å². The summed E-state index contributed by atoms with van der Waals surface area (Å²) in [6, 6.07) is 0. The maximum Gasteiger partial charge on any atom is 0.469 e. The second-order valence-corrected chi connectivity index (χ2v) is 14.1. The lowest BCUT2D eigenvalue weighted by Gasteiger charge is -2.18. The quantitative estimate of drug-likeness (QED) is 0.0287. The van der Waals surface area contributed by atoms with Crippen molar-refractivity contribution in [2.24, 2.45) is 0 Å². The molecule has 0 radical (unpaired) electrons. The molecule has 288 valence electrons. The number of rotatable bonds is 35. The van der Waals surface area contributed by atoms with E-state index in [4.69, 9.17) is 19.3 Å². The predicted molar refractivity (Wildman–Crippen MR) is 207 cm³/mol. The molecule has 50 heavy (non-hydrogen) atoms. The Morgan fingerprint density at radius 1 is 0.520 bits per heavy atom. The fraction of sp³-hybridized carbons (Fsp3) is 0.707. The summed E-state index contributed by atoms with van der Waals surface area (Å²) >= 11 is 0. The number of esters is 2. The molecule has 2 N–H and O–H groups in total. The van der Waals surface area contributed by atoms with E-state index in [-0.39, 0.29) is 19.4 Å². The van der Waals surface area contributed by atoms with Gasteiger partial charge in [-0.2, -0.15) is 0 Å². The molecule has 0 spiro atoms. The van der Waals surface area contributed by atoms with E-state index < -0.39 is 32.5 Å². The molecule has 0 bridgehead atoms. The van der Waals surface area contributed by atoms with Gasteiger partial charge in [0.15, 0.2) is 6.10 Å². The Balaban J connectivity index is 4.00. The van der Waals surface area contributed by atoms with Gasteiger partial charge < -0.3 is 19.3 Å². The lowest BCUT2D eigenvalue weighted by molar-refractivity contribution is -0.161. The van der Waals surface area contributed by atoms with Crippen LogP contribution in [-0.4, -0.2) is 41.0 Å². The zero-order chi connectivity index (χ0) is 36.8. The van der Waals surface area contributed by atoms with Crippen LogP contribution >= 0.6 is 7.82 Å². The number of unbranched alkanes of at least 4 members (excludes halogenated alkanes) is 15. The third-order valence-corrected chi connectivity index (χ3v) is 8.48. The number of phosphoric ester groups is 1. The number of carbonyl (C=O) groups is 2. The lowest BCUT2D eigenvalue weighted by atomic mass is 10.1. The summed E-state index contributed by atoms with van der Waals surface area (Å²) in [5, 5.41) is 0. The molecule has 1 atom stereocenters. The van der Waals surface area contributed by atoms with E-state index >= 15 is 0 Å². The van der Waals surface area contributed by atoms with Crippen LogP contribution < -0.4 is 0 Å². The van der Waals surface area contributed by atoms with E-state index in [1.807, 2.05) is 0 Å². The van der Waals surface area contributed by atoms with Crippen LogP contribution in [0, 0.1) is 0 Å². The molecular weight excluding hydrogens is 651 g/mol. The van der Waals surface area contributed by atoms with Crippen molar-refractivity contribution in [1.82, 2.24) is 0 Å². The van der Waals surface area contributed by atoms with Gasteiger partial charge in [0.25, 0.3) is 0 Å². The van der Waals surface area contributed by atoms with Gasteiger partial charge in [0, 0.05) is 12.8 Å². The molecule has 0 heterocycles. The van der Waals surface area contributed by atoms with E-state index in [0.717, 1.165) is 96.3 Å². The highest BCUT2D eigenvalue weighted by Gasteiger charge is 2.22. The molecule has 0 saturated carbocycles. The molecule has 0 amide bonds. The summed E-state index contributed by atoms with van der Waals surface area (Å²) in [6.45, 7) is 3.55. The standard InChI is InChI=1S/C41H71O8P/c1-3-5-7-9-11-13-15-17-18-19-20-21-22-24-26-28-30-32-34-36-41(43)49-39(38-48-50(44,45)46)37-47-40(42)35-33-31-29-27-25-23-16-14-12-10-8-6-4-2/h8,10-11,13-14,16-18,20-21,39H,3-7,9,12,15,19,22-38H2,1-2H3,(H2,44,45,46)/b10-8-,13-11-,16-14-,18-17-,21-20-. The summed E-state index contributed by atoms with van der Waals surface area (Å²) in [7, 11) is -4.76. The second kappa shape index (κ2) is 36.5. The monoisotopic (exact) mass is 722 g/mol. The molecule has 0 aromatic carbocycles. The molecule has 1 unspecified atom stereocenters. The first kappa shape index (κ1) is 47.8. The third kappa shape index (κ3) is 38.6. The van der Waals surface area contributed by atoms with Crippen LogP contribution in [0.2, 0.25) is 0 Å². The fourth-order valence-corrected chi connectivity index (χ4v) is 5.42. The number of ether oxygens (including phenoxy) is 2. The molecule has 0 aliphatic heterocycles. The van der Waals surface area contributed by atoms with Crippen molar-refractivity contribution < 1.29 is 37.9 Å². The molecule has 8 nitrogen and oxygen atoms in total. The first-order chi connectivity index (χ1) is 24.3. The highest BCUT2D eigenvalue weighted by molar-refractivity contribution is 7.46. The number of hydrogen-bond acceptors (Lipinski definition) is 6. The predicted octanol–water partition coefficient (Wildman–Crippen LogP) is 11.7. The van der Waals surface area contributed by atoms with E-state index in [9.17, 15) is 14.2 Å². The van der Waals surface area contributed by atoms with E-state index in [0.29, 0.717) is 12.8 Å². The van der Waals surface area contributed by atoms with Gasteiger partial charge in [0.2, 0.25) is 0 Å². The van der Waals surface area contributed by atoms with Gasteiger partial charge in [-0.3, -0.25) is 14.1 Å². The third-order valence-electron chi connectivity index (χ3n) is 7.99. The number of carbonyl (C=O) groups excluding carboxylic acids is 2. The minimum absolute atomic E-state index is 0.192. The molecule has 0 fully saturated rings. The zero-order valence-electron chi connectivity index (χ0n) is 31.5. The van der Waals surface area contributed by atoms with Crippen LogP contribution in [0.4, 0.5) is 0 Å². The molecule has 0 aromatic rings. The van der Waals surface area contributed by atoms with Crippen molar-refractivity contribution in [3.63, 3.8) is 0 Å². The first-order valence-corrected chi connectivity index (χ1v) is 21.1. The van der Waals surface area contributed by atoms with Crippen LogP contribution in [0.5, 0.6) is 0 Å². The molecule has 0 aliphatic carbocycles. The Morgan fingerprint density at radius 3 is 1.42 bits per heavy atom. The first-order valence-electron chi connectivity index (χ1n) is 19.6. The minimum Gasteiger partial charge on any atom is -0.462 e. The number of allylic oxidation sites excluding steroid dienone is 10. The minimum atomic E-state index is -4.76. The van der Waals surface area contributed by atoms with Crippen molar-refractivity contribution in [2.45, 2.75) is 174 Å². The largest absolute Gasteiger partial charge is 0.469 e. The maximum absolute atomic E-state index is 12.4. The summed E-state index contributed by atoms with van der Waals surface area (Å²) in [4.78, 5) is 42.7. The van der Waals surface area contributed by atoms with Gasteiger partial charge in [0.1, 0.15) is 6.61 Å². The van der Waals surface area contributed by atoms with Crippen molar-refractivity contribution in [3.8, 4) is 0 Å².